The fourth-order valence-electron chi connectivity index (χ4n) is 2.76. The highest BCUT2D eigenvalue weighted by atomic mass is 16.5. The summed E-state index contributed by atoms with van der Waals surface area (Å²) in [4.78, 5) is 27.5. The van der Waals surface area contributed by atoms with Gasteiger partial charge in [0, 0.05) is 37.6 Å². The van der Waals surface area contributed by atoms with E-state index in [0.717, 1.165) is 0 Å². The minimum atomic E-state index is -0.411. The Hall–Kier alpha value is -2.85. The standard InChI is InChI=1S/C18H22N4O3/c1-12-9-21(10-13(2)25-12)18(24)15(8-19)11-22(14(3)23)17-6-4-16(20)5-7-17/h4-7,11-13H,9-10,20H2,1-3H3/b15-11-. The van der Waals surface area contributed by atoms with Crippen molar-refractivity contribution < 1.29 is 14.3 Å². The van der Waals surface area contributed by atoms with Crippen LogP contribution in [0.2, 0.25) is 0 Å². The van der Waals surface area contributed by atoms with Crippen LogP contribution in [0, 0.1) is 11.3 Å². The molecule has 0 bridgehead atoms. The first-order valence-corrected chi connectivity index (χ1v) is 8.03. The van der Waals surface area contributed by atoms with E-state index in [-0.39, 0.29) is 23.7 Å². The van der Waals surface area contributed by atoms with Crippen LogP contribution in [0.3, 0.4) is 0 Å². The summed E-state index contributed by atoms with van der Waals surface area (Å²) in [5.41, 5.74) is 6.65. The quantitative estimate of drug-likeness (QED) is 0.512. The normalized spacial score (nSPS) is 20.7. The van der Waals surface area contributed by atoms with E-state index in [1.807, 2.05) is 19.9 Å². The molecule has 7 heteroatoms. The predicted octanol–water partition coefficient (Wildman–Crippen LogP) is 1.66. The van der Waals surface area contributed by atoms with Gasteiger partial charge in [-0.15, -0.1) is 0 Å². The highest BCUT2D eigenvalue weighted by Gasteiger charge is 2.28. The number of nitriles is 1. The second-order valence-electron chi connectivity index (χ2n) is 6.10. The maximum atomic E-state index is 12.7. The maximum Gasteiger partial charge on any atom is 0.266 e. The van der Waals surface area contributed by atoms with Crippen molar-refractivity contribution in [2.75, 3.05) is 23.7 Å². The molecule has 0 aromatic heterocycles. The zero-order chi connectivity index (χ0) is 18.6. The van der Waals surface area contributed by atoms with Crippen molar-refractivity contribution in [2.24, 2.45) is 0 Å². The van der Waals surface area contributed by atoms with Crippen LogP contribution in [-0.2, 0) is 14.3 Å². The molecule has 1 aliphatic heterocycles. The van der Waals surface area contributed by atoms with Gasteiger partial charge in [0.05, 0.1) is 12.2 Å². The number of ether oxygens (including phenoxy) is 1. The Bertz CT molecular complexity index is 711. The van der Waals surface area contributed by atoms with E-state index in [1.54, 1.807) is 29.2 Å². The number of benzene rings is 1. The molecular formula is C18H22N4O3. The SMILES string of the molecule is CC(=O)N(/C=C(/C#N)C(=O)N1CC(C)OC(C)C1)c1ccc(N)cc1. The van der Waals surface area contributed by atoms with Crippen molar-refractivity contribution >= 4 is 23.2 Å². The number of anilines is 2. The molecule has 132 valence electrons. The fraction of sp³-hybridized carbons (Fsp3) is 0.389. The van der Waals surface area contributed by atoms with E-state index in [2.05, 4.69) is 0 Å². The molecule has 1 fully saturated rings. The average molecular weight is 342 g/mol. The summed E-state index contributed by atoms with van der Waals surface area (Å²) < 4.78 is 5.61. The van der Waals surface area contributed by atoms with Crippen LogP contribution in [0.25, 0.3) is 0 Å². The third-order valence-electron chi connectivity index (χ3n) is 3.83. The Morgan fingerprint density at radius 3 is 2.32 bits per heavy atom. The van der Waals surface area contributed by atoms with Crippen molar-refractivity contribution in [2.45, 2.75) is 33.0 Å². The third kappa shape index (κ3) is 4.58. The monoisotopic (exact) mass is 342 g/mol. The van der Waals surface area contributed by atoms with Crippen LogP contribution in [0.5, 0.6) is 0 Å². The van der Waals surface area contributed by atoms with Crippen LogP contribution >= 0.6 is 0 Å². The van der Waals surface area contributed by atoms with Crippen LogP contribution in [-0.4, -0.2) is 42.0 Å². The zero-order valence-electron chi connectivity index (χ0n) is 14.6. The Labute approximate surface area is 147 Å². The number of hydrogen-bond donors (Lipinski definition) is 1. The summed E-state index contributed by atoms with van der Waals surface area (Å²) in [6, 6.07) is 8.52. The largest absolute Gasteiger partial charge is 0.399 e. The van der Waals surface area contributed by atoms with Gasteiger partial charge >= 0.3 is 0 Å². The van der Waals surface area contributed by atoms with E-state index in [4.69, 9.17) is 10.5 Å². The lowest BCUT2D eigenvalue weighted by Gasteiger charge is -2.35. The van der Waals surface area contributed by atoms with Crippen molar-refractivity contribution in [1.29, 1.82) is 5.26 Å². The van der Waals surface area contributed by atoms with Gasteiger partial charge in [-0.25, -0.2) is 0 Å². The number of nitrogens with two attached hydrogens (primary N) is 1. The second-order valence-corrected chi connectivity index (χ2v) is 6.10. The molecule has 1 aliphatic rings. The molecule has 0 aliphatic carbocycles. The zero-order valence-corrected chi connectivity index (χ0v) is 14.6. The number of hydrogen-bond acceptors (Lipinski definition) is 5. The van der Waals surface area contributed by atoms with Crippen molar-refractivity contribution in [3.63, 3.8) is 0 Å². The smallest absolute Gasteiger partial charge is 0.266 e. The van der Waals surface area contributed by atoms with Crippen LogP contribution in [0.1, 0.15) is 20.8 Å². The summed E-state index contributed by atoms with van der Waals surface area (Å²) in [5, 5.41) is 9.43. The lowest BCUT2D eigenvalue weighted by Crippen LogP contribution is -2.48. The molecule has 2 rings (SSSR count). The van der Waals surface area contributed by atoms with E-state index < -0.39 is 5.91 Å². The first kappa shape index (κ1) is 18.5. The molecule has 2 unspecified atom stereocenters. The topological polar surface area (TPSA) is 99.7 Å². The molecule has 1 heterocycles. The Morgan fingerprint density at radius 1 is 1.28 bits per heavy atom. The van der Waals surface area contributed by atoms with Gasteiger partial charge in [-0.2, -0.15) is 5.26 Å². The minimum Gasteiger partial charge on any atom is -0.399 e. The number of morpholine rings is 1. The molecule has 0 saturated carbocycles. The van der Waals surface area contributed by atoms with E-state index in [1.165, 1.54) is 18.0 Å². The van der Waals surface area contributed by atoms with Gasteiger partial charge in [-0.05, 0) is 38.1 Å². The van der Waals surface area contributed by atoms with Crippen molar-refractivity contribution in [1.82, 2.24) is 4.90 Å². The van der Waals surface area contributed by atoms with Gasteiger partial charge in [-0.1, -0.05) is 0 Å². The summed E-state index contributed by atoms with van der Waals surface area (Å²) in [6.45, 7) is 5.93. The number of nitrogen functional groups attached to an aromatic ring is 1. The first-order chi connectivity index (χ1) is 11.8. The number of carbonyl (C=O) groups excluding carboxylic acids is 2. The van der Waals surface area contributed by atoms with E-state index in [9.17, 15) is 14.9 Å². The molecule has 2 atom stereocenters. The summed E-state index contributed by atoms with van der Waals surface area (Å²) in [5.74, 6) is -0.722. The molecule has 7 nitrogen and oxygen atoms in total. The first-order valence-electron chi connectivity index (χ1n) is 8.03. The fourth-order valence-corrected chi connectivity index (χ4v) is 2.76. The van der Waals surface area contributed by atoms with Gasteiger partial charge in [0.2, 0.25) is 5.91 Å². The summed E-state index contributed by atoms with van der Waals surface area (Å²) >= 11 is 0. The van der Waals surface area contributed by atoms with Crippen molar-refractivity contribution in [3.05, 3.63) is 36.0 Å². The molecule has 2 N–H and O–H groups in total. The van der Waals surface area contributed by atoms with Gasteiger partial charge in [0.25, 0.3) is 5.91 Å². The second kappa shape index (κ2) is 7.81. The molecule has 2 amide bonds. The number of rotatable bonds is 3. The molecule has 25 heavy (non-hydrogen) atoms. The van der Waals surface area contributed by atoms with E-state index >= 15 is 0 Å². The summed E-state index contributed by atoms with van der Waals surface area (Å²) in [6.07, 6.45) is 1.07. The molecule has 0 spiro atoms. The Kier molecular flexibility index (Phi) is 5.78. The Balaban J connectivity index is 2.29. The lowest BCUT2D eigenvalue weighted by molar-refractivity contribution is -0.138. The molecular weight excluding hydrogens is 320 g/mol. The predicted molar refractivity (Wildman–Crippen MR) is 94.3 cm³/mol. The van der Waals surface area contributed by atoms with E-state index in [0.29, 0.717) is 24.5 Å². The Morgan fingerprint density at radius 2 is 1.84 bits per heavy atom. The van der Waals surface area contributed by atoms with Crippen molar-refractivity contribution in [3.8, 4) is 6.07 Å². The van der Waals surface area contributed by atoms with Crippen LogP contribution in [0.4, 0.5) is 11.4 Å². The van der Waals surface area contributed by atoms with Gasteiger partial charge < -0.3 is 15.4 Å². The van der Waals surface area contributed by atoms with Gasteiger partial charge in [0.15, 0.2) is 0 Å². The van der Waals surface area contributed by atoms with Gasteiger partial charge in [0.1, 0.15) is 11.6 Å². The number of amides is 2. The molecule has 1 saturated heterocycles. The third-order valence-corrected chi connectivity index (χ3v) is 3.83. The van der Waals surface area contributed by atoms with Crippen LogP contribution < -0.4 is 10.6 Å². The highest BCUT2D eigenvalue weighted by Crippen LogP contribution is 2.19. The highest BCUT2D eigenvalue weighted by molar-refractivity contribution is 6.01. The van der Waals surface area contributed by atoms with Gasteiger partial charge in [-0.3, -0.25) is 14.5 Å². The minimum absolute atomic E-state index is 0.103. The molecule has 1 aromatic rings. The number of carbonyl (C=O) groups is 2. The molecule has 0 radical (unpaired) electrons. The molecule has 1 aromatic carbocycles. The maximum absolute atomic E-state index is 12.7. The average Bonchev–Trinajstić information content (AvgIpc) is 2.55. The van der Waals surface area contributed by atoms with Crippen LogP contribution in [0.15, 0.2) is 36.0 Å². The number of nitrogens with zero attached hydrogens (tertiary/aromatic N) is 3. The summed E-state index contributed by atoms with van der Waals surface area (Å²) in [7, 11) is 0. The lowest BCUT2D eigenvalue weighted by atomic mass is 10.2.